The largest absolute Gasteiger partial charge is 0.489 e. The Kier molecular flexibility index (Phi) is 7.42. The lowest BCUT2D eigenvalue weighted by Crippen LogP contribution is -2.17. The molecule has 0 spiro atoms. The predicted molar refractivity (Wildman–Crippen MR) is 145 cm³/mol. The average Bonchev–Trinajstić information content (AvgIpc) is 3.26. The van der Waals surface area contributed by atoms with Gasteiger partial charge in [-0.05, 0) is 89.3 Å². The molecule has 3 aromatic rings. The molecular weight excluding hydrogens is 481 g/mol. The van der Waals surface area contributed by atoms with E-state index in [-0.39, 0.29) is 23.6 Å². The van der Waals surface area contributed by atoms with Crippen LogP contribution in [0, 0.1) is 11.2 Å². The summed E-state index contributed by atoms with van der Waals surface area (Å²) < 4.78 is 26.5. The van der Waals surface area contributed by atoms with Crippen LogP contribution in [-0.4, -0.2) is 23.2 Å². The minimum absolute atomic E-state index is 0.0301. The molecule has 2 atom stereocenters. The molecule has 0 amide bonds. The maximum absolute atomic E-state index is 15.0. The number of hydrogen-bond acceptors (Lipinski definition) is 4. The zero-order chi connectivity index (χ0) is 26.9. The SMILES string of the molecule is COc1cc(-c2ccc(COc3ccc4c(c3)[C@H](CC(=O)O)CCC4)cc2C2CCCC2(C)C)c(F)cn1. The number of pyridine rings is 1. The lowest BCUT2D eigenvalue weighted by molar-refractivity contribution is -0.137. The van der Waals surface area contributed by atoms with Crippen LogP contribution >= 0.6 is 0 Å². The van der Waals surface area contributed by atoms with Gasteiger partial charge in [-0.1, -0.05) is 44.5 Å². The van der Waals surface area contributed by atoms with Gasteiger partial charge in [0.2, 0.25) is 5.88 Å². The van der Waals surface area contributed by atoms with Gasteiger partial charge in [0.05, 0.1) is 19.7 Å². The van der Waals surface area contributed by atoms with Gasteiger partial charge in [-0.2, -0.15) is 0 Å². The highest BCUT2D eigenvalue weighted by Crippen LogP contribution is 2.51. The fraction of sp³-hybridized carbons (Fsp3) is 0.438. The van der Waals surface area contributed by atoms with Gasteiger partial charge in [0.25, 0.3) is 0 Å². The van der Waals surface area contributed by atoms with Gasteiger partial charge in [-0.15, -0.1) is 0 Å². The molecule has 0 saturated heterocycles. The van der Waals surface area contributed by atoms with Gasteiger partial charge in [0, 0.05) is 11.6 Å². The second-order valence-electron chi connectivity index (χ2n) is 11.4. The molecule has 1 N–H and O–H groups in total. The standard InChI is InChI=1S/C32H36FNO4/c1-32(2)13-5-8-28(32)26-14-20(9-12-24(26)27-17-30(37-3)34-18-29(27)33)19-38-23-11-10-21-6-4-7-22(15-31(35)36)25(21)16-23/h9-12,14,16-18,22,28H,4-8,13,15,19H2,1-3H3,(H,35,36)/t22-,28?/m0/s1. The number of aryl methyl sites for hydroxylation is 1. The topological polar surface area (TPSA) is 68.7 Å². The van der Waals surface area contributed by atoms with Crippen molar-refractivity contribution in [1.82, 2.24) is 4.98 Å². The summed E-state index contributed by atoms with van der Waals surface area (Å²) in [6, 6.07) is 13.9. The Morgan fingerprint density at radius 3 is 2.66 bits per heavy atom. The number of halogens is 1. The minimum Gasteiger partial charge on any atom is -0.489 e. The third-order valence-electron chi connectivity index (χ3n) is 8.46. The predicted octanol–water partition coefficient (Wildman–Crippen LogP) is 7.66. The first-order chi connectivity index (χ1) is 18.2. The molecule has 2 aliphatic rings. The van der Waals surface area contributed by atoms with Crippen molar-refractivity contribution >= 4 is 5.97 Å². The lowest BCUT2D eigenvalue weighted by atomic mass is 9.75. The van der Waals surface area contributed by atoms with Crippen LogP contribution in [0.4, 0.5) is 4.39 Å². The quantitative estimate of drug-likeness (QED) is 0.332. The van der Waals surface area contributed by atoms with E-state index in [1.54, 1.807) is 6.07 Å². The van der Waals surface area contributed by atoms with E-state index >= 15 is 0 Å². The van der Waals surface area contributed by atoms with Crippen LogP contribution in [0.5, 0.6) is 11.6 Å². The molecule has 1 aromatic heterocycles. The number of aliphatic carboxylic acids is 1. The number of fused-ring (bicyclic) bond motifs is 1. The summed E-state index contributed by atoms with van der Waals surface area (Å²) in [5.41, 5.74) is 5.96. The van der Waals surface area contributed by atoms with Crippen LogP contribution in [0.2, 0.25) is 0 Å². The first-order valence-corrected chi connectivity index (χ1v) is 13.6. The van der Waals surface area contributed by atoms with E-state index in [1.165, 1.54) is 18.9 Å². The van der Waals surface area contributed by atoms with E-state index < -0.39 is 5.97 Å². The van der Waals surface area contributed by atoms with Gasteiger partial charge in [0.1, 0.15) is 18.2 Å². The number of carboxylic acids is 1. The van der Waals surface area contributed by atoms with Crippen molar-refractivity contribution in [2.24, 2.45) is 5.41 Å². The van der Waals surface area contributed by atoms with E-state index in [0.717, 1.165) is 66.5 Å². The summed E-state index contributed by atoms with van der Waals surface area (Å²) in [5, 5.41) is 9.35. The van der Waals surface area contributed by atoms with E-state index in [4.69, 9.17) is 9.47 Å². The normalized spacial score (nSPS) is 20.1. The zero-order valence-corrected chi connectivity index (χ0v) is 22.4. The van der Waals surface area contributed by atoms with Crippen LogP contribution < -0.4 is 9.47 Å². The van der Waals surface area contributed by atoms with Crippen molar-refractivity contribution in [3.05, 3.63) is 76.7 Å². The summed E-state index contributed by atoms with van der Waals surface area (Å²) in [4.78, 5) is 15.4. The number of ether oxygens (including phenoxy) is 2. The monoisotopic (exact) mass is 517 g/mol. The first-order valence-electron chi connectivity index (χ1n) is 13.6. The first kappa shape index (κ1) is 26.2. The molecule has 0 bridgehead atoms. The van der Waals surface area contributed by atoms with Gasteiger partial charge < -0.3 is 14.6 Å². The van der Waals surface area contributed by atoms with E-state index in [0.29, 0.717) is 24.0 Å². The lowest BCUT2D eigenvalue weighted by Gasteiger charge is -2.30. The Hall–Kier alpha value is -3.41. The number of hydrogen-bond donors (Lipinski definition) is 1. The molecular formula is C32H36FNO4. The summed E-state index contributed by atoms with van der Waals surface area (Å²) in [6.07, 6.45) is 7.59. The Labute approximate surface area is 224 Å². The van der Waals surface area contributed by atoms with Crippen molar-refractivity contribution in [2.45, 2.75) is 77.2 Å². The van der Waals surface area contributed by atoms with Crippen molar-refractivity contribution in [1.29, 1.82) is 0 Å². The molecule has 1 fully saturated rings. The number of carboxylic acid groups (broad SMARTS) is 1. The molecule has 0 aliphatic heterocycles. The Balaban J connectivity index is 1.45. The Morgan fingerprint density at radius 1 is 1.08 bits per heavy atom. The minimum atomic E-state index is -0.764. The third-order valence-corrected chi connectivity index (χ3v) is 8.46. The molecule has 200 valence electrons. The summed E-state index contributed by atoms with van der Waals surface area (Å²) in [5.74, 6) is 0.340. The summed E-state index contributed by atoms with van der Waals surface area (Å²) in [7, 11) is 1.54. The zero-order valence-electron chi connectivity index (χ0n) is 22.4. The molecule has 2 aliphatic carbocycles. The Bertz CT molecular complexity index is 1340. The number of nitrogens with zero attached hydrogens (tertiary/aromatic N) is 1. The second-order valence-corrected chi connectivity index (χ2v) is 11.4. The third kappa shape index (κ3) is 5.40. The van der Waals surface area contributed by atoms with Crippen LogP contribution in [-0.2, 0) is 17.8 Å². The molecule has 0 radical (unpaired) electrons. The number of carbonyl (C=O) groups is 1. The molecule has 1 unspecified atom stereocenters. The van der Waals surface area contributed by atoms with E-state index in [9.17, 15) is 14.3 Å². The molecule has 5 nitrogen and oxygen atoms in total. The number of methoxy groups -OCH3 is 1. The summed E-state index contributed by atoms with van der Waals surface area (Å²) in [6.45, 7) is 4.97. The number of rotatable bonds is 8. The second kappa shape index (κ2) is 10.8. The van der Waals surface area contributed by atoms with Crippen LogP contribution in [0.15, 0.2) is 48.7 Å². The van der Waals surface area contributed by atoms with Gasteiger partial charge in [0.15, 0.2) is 0 Å². The highest BCUT2D eigenvalue weighted by molar-refractivity contribution is 5.70. The van der Waals surface area contributed by atoms with Crippen molar-refractivity contribution in [3.63, 3.8) is 0 Å². The van der Waals surface area contributed by atoms with Gasteiger partial charge >= 0.3 is 5.97 Å². The molecule has 1 heterocycles. The van der Waals surface area contributed by atoms with E-state index in [2.05, 4.69) is 31.0 Å². The van der Waals surface area contributed by atoms with Gasteiger partial charge in [-0.25, -0.2) is 9.37 Å². The van der Waals surface area contributed by atoms with E-state index in [1.807, 2.05) is 24.3 Å². The van der Waals surface area contributed by atoms with Crippen molar-refractivity contribution in [3.8, 4) is 22.8 Å². The molecule has 1 saturated carbocycles. The highest BCUT2D eigenvalue weighted by atomic mass is 19.1. The smallest absolute Gasteiger partial charge is 0.303 e. The van der Waals surface area contributed by atoms with Crippen LogP contribution in [0.3, 0.4) is 0 Å². The van der Waals surface area contributed by atoms with Crippen molar-refractivity contribution < 1.29 is 23.8 Å². The molecule has 5 rings (SSSR count). The maximum Gasteiger partial charge on any atom is 0.303 e. The maximum atomic E-state index is 15.0. The molecule has 6 heteroatoms. The average molecular weight is 518 g/mol. The van der Waals surface area contributed by atoms with Gasteiger partial charge in [-0.3, -0.25) is 4.79 Å². The highest BCUT2D eigenvalue weighted by Gasteiger charge is 2.37. The number of aromatic nitrogens is 1. The molecule has 2 aromatic carbocycles. The van der Waals surface area contributed by atoms with Crippen molar-refractivity contribution in [2.75, 3.05) is 7.11 Å². The summed E-state index contributed by atoms with van der Waals surface area (Å²) >= 11 is 0. The van der Waals surface area contributed by atoms with Crippen LogP contribution in [0.25, 0.3) is 11.1 Å². The molecule has 38 heavy (non-hydrogen) atoms. The fourth-order valence-corrected chi connectivity index (χ4v) is 6.43. The number of benzene rings is 2. The Morgan fingerprint density at radius 2 is 1.92 bits per heavy atom. The fourth-order valence-electron chi connectivity index (χ4n) is 6.43. The van der Waals surface area contributed by atoms with Crippen LogP contribution in [0.1, 0.15) is 86.5 Å².